The average molecular weight is 278 g/mol. The topological polar surface area (TPSA) is 75.3 Å². The second-order valence-corrected chi connectivity index (χ2v) is 5.08. The van der Waals surface area contributed by atoms with Crippen molar-refractivity contribution >= 4 is 21.6 Å². The van der Waals surface area contributed by atoms with Crippen molar-refractivity contribution in [1.82, 2.24) is 4.72 Å². The quantitative estimate of drug-likeness (QED) is 0.849. The molecule has 8 heteroatoms. The maximum Gasteiger partial charge on any atom is 0.315 e. The fourth-order valence-corrected chi connectivity index (χ4v) is 2.23. The van der Waals surface area contributed by atoms with Crippen molar-refractivity contribution in [2.24, 2.45) is 0 Å². The van der Waals surface area contributed by atoms with Crippen LogP contribution in [0.15, 0.2) is 29.2 Å². The zero-order valence-electron chi connectivity index (χ0n) is 9.48. The van der Waals surface area contributed by atoms with Gasteiger partial charge in [-0.05, 0) is 24.3 Å². The van der Waals surface area contributed by atoms with Crippen LogP contribution < -0.4 is 10.0 Å². The Kier molecular flexibility index (Phi) is 4.74. The van der Waals surface area contributed by atoms with Gasteiger partial charge < -0.3 is 5.32 Å². The summed E-state index contributed by atoms with van der Waals surface area (Å²) in [5, 5.41) is 1.95. The highest BCUT2D eigenvalue weighted by Crippen LogP contribution is 2.14. The molecular weight excluding hydrogens is 266 g/mol. The molecule has 0 atom stereocenters. The highest BCUT2D eigenvalue weighted by Gasteiger charge is 2.16. The van der Waals surface area contributed by atoms with E-state index in [9.17, 15) is 22.0 Å². The van der Waals surface area contributed by atoms with Crippen LogP contribution in [0.3, 0.4) is 0 Å². The summed E-state index contributed by atoms with van der Waals surface area (Å²) in [5.41, 5.74) is 0.107. The van der Waals surface area contributed by atoms with Gasteiger partial charge in [-0.2, -0.15) is 8.78 Å². The van der Waals surface area contributed by atoms with Crippen LogP contribution in [0.5, 0.6) is 0 Å². The minimum absolute atomic E-state index is 0.000559. The summed E-state index contributed by atoms with van der Waals surface area (Å²) < 4.78 is 49.3. The summed E-state index contributed by atoms with van der Waals surface area (Å²) >= 11 is 0. The predicted octanol–water partition coefficient (Wildman–Crippen LogP) is 1.19. The molecule has 0 aliphatic heterocycles. The molecule has 1 aromatic carbocycles. The normalized spacial score (nSPS) is 11.6. The first kappa shape index (κ1) is 14.5. The monoisotopic (exact) mass is 278 g/mol. The van der Waals surface area contributed by atoms with E-state index in [-0.39, 0.29) is 17.1 Å². The lowest BCUT2D eigenvalue weighted by atomic mass is 10.3. The fraction of sp³-hybridized carbons (Fsp3) is 0.300. The van der Waals surface area contributed by atoms with Crippen molar-refractivity contribution in [2.45, 2.75) is 18.2 Å². The molecular formula is C10H12F2N2O3S. The Morgan fingerprint density at radius 3 is 2.28 bits per heavy atom. The first-order valence-electron chi connectivity index (χ1n) is 5.05. The van der Waals surface area contributed by atoms with Crippen molar-refractivity contribution in [3.8, 4) is 0 Å². The SMILES string of the molecule is CCNS(=O)(=O)c1ccc(NC(=O)C(F)F)cc1. The number of alkyl halides is 2. The van der Waals surface area contributed by atoms with Gasteiger partial charge in [0.1, 0.15) is 0 Å². The third-order valence-electron chi connectivity index (χ3n) is 1.96. The number of carbonyl (C=O) groups excluding carboxylic acids is 1. The van der Waals surface area contributed by atoms with E-state index in [1.807, 2.05) is 5.32 Å². The lowest BCUT2D eigenvalue weighted by molar-refractivity contribution is -0.126. The van der Waals surface area contributed by atoms with E-state index in [0.29, 0.717) is 0 Å². The van der Waals surface area contributed by atoms with Crippen molar-refractivity contribution in [3.05, 3.63) is 24.3 Å². The molecule has 5 nitrogen and oxygen atoms in total. The first-order chi connectivity index (χ1) is 8.36. The highest BCUT2D eigenvalue weighted by atomic mass is 32.2. The number of amides is 1. The van der Waals surface area contributed by atoms with Gasteiger partial charge in [0.2, 0.25) is 10.0 Å². The molecule has 0 spiro atoms. The van der Waals surface area contributed by atoms with E-state index < -0.39 is 22.4 Å². The molecule has 100 valence electrons. The maximum absolute atomic E-state index is 12.0. The van der Waals surface area contributed by atoms with Crippen LogP contribution in [0.2, 0.25) is 0 Å². The van der Waals surface area contributed by atoms with Gasteiger partial charge in [0.25, 0.3) is 5.91 Å². The number of rotatable bonds is 5. The second kappa shape index (κ2) is 5.87. The number of hydrogen-bond acceptors (Lipinski definition) is 3. The van der Waals surface area contributed by atoms with E-state index in [2.05, 4.69) is 4.72 Å². The summed E-state index contributed by atoms with van der Waals surface area (Å²) in [6, 6.07) is 4.92. The van der Waals surface area contributed by atoms with Crippen LogP contribution in [-0.4, -0.2) is 27.3 Å². The summed E-state index contributed by atoms with van der Waals surface area (Å²) in [6.07, 6.45) is -3.12. The van der Waals surface area contributed by atoms with Gasteiger partial charge in [0.05, 0.1) is 4.90 Å². The van der Waals surface area contributed by atoms with Crippen LogP contribution in [0.1, 0.15) is 6.92 Å². The minimum atomic E-state index is -3.58. The molecule has 1 rings (SSSR count). The lowest BCUT2D eigenvalue weighted by Gasteiger charge is -2.07. The Hall–Kier alpha value is -1.54. The molecule has 0 aromatic heterocycles. The van der Waals surface area contributed by atoms with Crippen LogP contribution in [0.4, 0.5) is 14.5 Å². The summed E-state index contributed by atoms with van der Waals surface area (Å²) in [5.74, 6) is -1.43. The molecule has 0 unspecified atom stereocenters. The Morgan fingerprint density at radius 1 is 1.28 bits per heavy atom. The molecule has 1 aromatic rings. The third kappa shape index (κ3) is 3.74. The van der Waals surface area contributed by atoms with Crippen LogP contribution in [0, 0.1) is 0 Å². The second-order valence-electron chi connectivity index (χ2n) is 3.32. The van der Waals surface area contributed by atoms with Crippen LogP contribution in [-0.2, 0) is 14.8 Å². The van der Waals surface area contributed by atoms with E-state index in [1.54, 1.807) is 6.92 Å². The predicted molar refractivity (Wildman–Crippen MR) is 61.9 cm³/mol. The third-order valence-corrected chi connectivity index (χ3v) is 3.53. The number of hydrogen-bond donors (Lipinski definition) is 2. The molecule has 0 radical (unpaired) electrons. The van der Waals surface area contributed by atoms with Crippen molar-refractivity contribution in [3.63, 3.8) is 0 Å². The van der Waals surface area contributed by atoms with Gasteiger partial charge in [-0.15, -0.1) is 0 Å². The summed E-state index contributed by atoms with van der Waals surface area (Å²) in [6.45, 7) is 1.88. The smallest absolute Gasteiger partial charge is 0.315 e. The molecule has 0 heterocycles. The number of carbonyl (C=O) groups is 1. The first-order valence-corrected chi connectivity index (χ1v) is 6.54. The van der Waals surface area contributed by atoms with Gasteiger partial charge in [-0.25, -0.2) is 13.1 Å². The van der Waals surface area contributed by atoms with Crippen molar-refractivity contribution in [2.75, 3.05) is 11.9 Å². The Bertz CT molecular complexity index is 514. The van der Waals surface area contributed by atoms with Gasteiger partial charge in [0.15, 0.2) is 0 Å². The maximum atomic E-state index is 12.0. The molecule has 0 saturated carbocycles. The molecule has 0 bridgehead atoms. The number of anilines is 1. The number of nitrogens with one attached hydrogen (secondary N) is 2. The zero-order valence-corrected chi connectivity index (χ0v) is 10.3. The van der Waals surface area contributed by atoms with Gasteiger partial charge in [-0.3, -0.25) is 4.79 Å². The molecule has 18 heavy (non-hydrogen) atoms. The molecule has 0 aliphatic rings. The number of benzene rings is 1. The van der Waals surface area contributed by atoms with E-state index in [4.69, 9.17) is 0 Å². The Labute approximate surface area is 103 Å². The summed E-state index contributed by atoms with van der Waals surface area (Å²) in [4.78, 5) is 10.7. The lowest BCUT2D eigenvalue weighted by Crippen LogP contribution is -2.23. The van der Waals surface area contributed by atoms with Gasteiger partial charge in [-0.1, -0.05) is 6.92 Å². The van der Waals surface area contributed by atoms with E-state index in [1.165, 1.54) is 24.3 Å². The molecule has 0 fully saturated rings. The van der Waals surface area contributed by atoms with Crippen molar-refractivity contribution < 1.29 is 22.0 Å². The van der Waals surface area contributed by atoms with E-state index >= 15 is 0 Å². The number of sulfonamides is 1. The summed E-state index contributed by atoms with van der Waals surface area (Å²) in [7, 11) is -3.58. The van der Waals surface area contributed by atoms with Crippen LogP contribution >= 0.6 is 0 Å². The molecule has 1 amide bonds. The average Bonchev–Trinajstić information content (AvgIpc) is 2.29. The zero-order chi connectivity index (χ0) is 13.8. The highest BCUT2D eigenvalue weighted by molar-refractivity contribution is 7.89. The molecule has 0 aliphatic carbocycles. The molecule has 0 saturated heterocycles. The Morgan fingerprint density at radius 2 is 1.83 bits per heavy atom. The number of halogens is 2. The Balaban J connectivity index is 2.84. The fourth-order valence-electron chi connectivity index (χ4n) is 1.19. The largest absolute Gasteiger partial charge is 0.321 e. The standard InChI is InChI=1S/C10H12F2N2O3S/c1-2-13-18(16,17)8-5-3-7(4-6-8)14-10(15)9(11)12/h3-6,9,13H,2H2,1H3,(H,14,15). The van der Waals surface area contributed by atoms with Gasteiger partial charge >= 0.3 is 6.43 Å². The van der Waals surface area contributed by atoms with Crippen molar-refractivity contribution in [1.29, 1.82) is 0 Å². The van der Waals surface area contributed by atoms with E-state index in [0.717, 1.165) is 0 Å². The molecule has 2 N–H and O–H groups in total. The minimum Gasteiger partial charge on any atom is -0.321 e. The van der Waals surface area contributed by atoms with Gasteiger partial charge in [0, 0.05) is 12.2 Å². The van der Waals surface area contributed by atoms with Crippen LogP contribution in [0.25, 0.3) is 0 Å².